The van der Waals surface area contributed by atoms with Crippen molar-refractivity contribution in [1.29, 1.82) is 0 Å². The van der Waals surface area contributed by atoms with E-state index in [2.05, 4.69) is 58.2 Å². The van der Waals surface area contributed by atoms with E-state index in [0.29, 0.717) is 0 Å². The number of rotatable bonds is 6. The lowest BCUT2D eigenvalue weighted by molar-refractivity contribution is 0.131. The van der Waals surface area contributed by atoms with Gasteiger partial charge in [-0.2, -0.15) is 0 Å². The lowest BCUT2D eigenvalue weighted by atomic mass is 10.1. The van der Waals surface area contributed by atoms with Crippen LogP contribution < -0.4 is 5.32 Å². The smallest absolute Gasteiger partial charge is 0.183 e. The average Bonchev–Trinajstić information content (AvgIpc) is 3.00. The van der Waals surface area contributed by atoms with Gasteiger partial charge in [0, 0.05) is 50.3 Å². The van der Waals surface area contributed by atoms with Crippen molar-refractivity contribution in [2.45, 2.75) is 26.9 Å². The van der Waals surface area contributed by atoms with Crippen LogP contribution in [0.2, 0.25) is 0 Å². The topological polar surface area (TPSA) is 31.4 Å². The molecule has 1 aliphatic heterocycles. The molecule has 1 aliphatic rings. The molecule has 0 bridgehead atoms. The van der Waals surface area contributed by atoms with E-state index in [1.54, 1.807) is 11.3 Å². The van der Waals surface area contributed by atoms with Crippen LogP contribution in [-0.4, -0.2) is 47.5 Å². The van der Waals surface area contributed by atoms with Gasteiger partial charge >= 0.3 is 0 Å². The number of nitrogens with zero attached hydrogens (tertiary/aromatic N) is 3. The highest BCUT2D eigenvalue weighted by Gasteiger charge is 2.16. The van der Waals surface area contributed by atoms with E-state index in [0.717, 1.165) is 18.2 Å². The first-order chi connectivity index (χ1) is 11.2. The number of benzene rings is 1. The van der Waals surface area contributed by atoms with E-state index >= 15 is 0 Å². The van der Waals surface area contributed by atoms with Gasteiger partial charge in [-0.05, 0) is 24.6 Å². The number of aromatic nitrogens is 1. The lowest BCUT2D eigenvalue weighted by Crippen LogP contribution is -2.45. The second-order valence-electron chi connectivity index (χ2n) is 6.11. The summed E-state index contributed by atoms with van der Waals surface area (Å²) in [5.74, 6) is 0. The molecule has 1 saturated heterocycles. The molecule has 0 spiro atoms. The summed E-state index contributed by atoms with van der Waals surface area (Å²) in [5, 5.41) is 4.46. The molecule has 23 heavy (non-hydrogen) atoms. The molecule has 4 nitrogen and oxygen atoms in total. The van der Waals surface area contributed by atoms with Gasteiger partial charge in [0.15, 0.2) is 5.13 Å². The average molecular weight is 331 g/mol. The van der Waals surface area contributed by atoms with Crippen LogP contribution in [0.4, 0.5) is 5.13 Å². The molecule has 2 aromatic rings. The van der Waals surface area contributed by atoms with Crippen LogP contribution >= 0.6 is 11.3 Å². The van der Waals surface area contributed by atoms with E-state index in [4.69, 9.17) is 0 Å². The molecule has 0 aliphatic carbocycles. The van der Waals surface area contributed by atoms with E-state index in [9.17, 15) is 0 Å². The van der Waals surface area contributed by atoms with E-state index in [-0.39, 0.29) is 0 Å². The zero-order chi connectivity index (χ0) is 16.1. The molecule has 1 N–H and O–H groups in total. The summed E-state index contributed by atoms with van der Waals surface area (Å²) < 4.78 is 0. The summed E-state index contributed by atoms with van der Waals surface area (Å²) in [6.45, 7) is 12.1. The van der Waals surface area contributed by atoms with Crippen LogP contribution in [0.15, 0.2) is 30.5 Å². The summed E-state index contributed by atoms with van der Waals surface area (Å²) in [7, 11) is 0. The first kappa shape index (κ1) is 16.4. The van der Waals surface area contributed by atoms with Crippen LogP contribution in [0.5, 0.6) is 0 Å². The highest BCUT2D eigenvalue weighted by atomic mass is 32.1. The third-order valence-electron chi connectivity index (χ3n) is 4.48. The number of hydrogen-bond acceptors (Lipinski definition) is 5. The summed E-state index contributed by atoms with van der Waals surface area (Å²) in [6.07, 6.45) is 1.92. The molecule has 1 fully saturated rings. The minimum absolute atomic E-state index is 0.845. The SMILES string of the molecule is CCN1CCN(Cc2ccccc2CNc2ncc(C)s2)CC1. The molecular formula is C18H26N4S. The van der Waals surface area contributed by atoms with Crippen molar-refractivity contribution in [2.75, 3.05) is 38.0 Å². The number of aryl methyl sites for hydroxylation is 1. The second-order valence-corrected chi connectivity index (χ2v) is 7.34. The molecule has 5 heteroatoms. The maximum atomic E-state index is 4.39. The molecule has 0 radical (unpaired) electrons. The molecule has 1 aromatic carbocycles. The van der Waals surface area contributed by atoms with Gasteiger partial charge in [0.2, 0.25) is 0 Å². The normalized spacial score (nSPS) is 16.6. The molecule has 0 saturated carbocycles. The van der Waals surface area contributed by atoms with Crippen molar-refractivity contribution < 1.29 is 0 Å². The molecule has 3 rings (SSSR count). The molecule has 2 heterocycles. The van der Waals surface area contributed by atoms with Gasteiger partial charge in [0.1, 0.15) is 0 Å². The van der Waals surface area contributed by atoms with Gasteiger partial charge in [-0.1, -0.05) is 31.2 Å². The Kier molecular flexibility index (Phi) is 5.65. The first-order valence-electron chi connectivity index (χ1n) is 8.42. The Labute approximate surface area is 143 Å². The van der Waals surface area contributed by atoms with E-state index < -0.39 is 0 Å². The van der Waals surface area contributed by atoms with Crippen LogP contribution in [0.1, 0.15) is 22.9 Å². The fourth-order valence-corrected chi connectivity index (χ4v) is 3.66. The van der Waals surface area contributed by atoms with Gasteiger partial charge in [-0.25, -0.2) is 4.98 Å². The number of hydrogen-bond donors (Lipinski definition) is 1. The lowest BCUT2D eigenvalue weighted by Gasteiger charge is -2.34. The highest BCUT2D eigenvalue weighted by molar-refractivity contribution is 7.15. The Morgan fingerprint density at radius 2 is 1.78 bits per heavy atom. The summed E-state index contributed by atoms with van der Waals surface area (Å²) in [6, 6.07) is 8.76. The maximum absolute atomic E-state index is 4.39. The van der Waals surface area contributed by atoms with Crippen LogP contribution in [0.25, 0.3) is 0 Å². The van der Waals surface area contributed by atoms with Gasteiger partial charge < -0.3 is 10.2 Å². The third-order valence-corrected chi connectivity index (χ3v) is 5.35. The van der Waals surface area contributed by atoms with E-state index in [1.807, 2.05) is 6.20 Å². The van der Waals surface area contributed by atoms with Crippen molar-refractivity contribution in [3.8, 4) is 0 Å². The van der Waals surface area contributed by atoms with Gasteiger partial charge in [0.25, 0.3) is 0 Å². The van der Waals surface area contributed by atoms with E-state index in [1.165, 1.54) is 48.7 Å². The van der Waals surface area contributed by atoms with Crippen molar-refractivity contribution in [2.24, 2.45) is 0 Å². The molecular weight excluding hydrogens is 304 g/mol. The van der Waals surface area contributed by atoms with Crippen molar-refractivity contribution in [3.63, 3.8) is 0 Å². The summed E-state index contributed by atoms with van der Waals surface area (Å²) >= 11 is 1.71. The van der Waals surface area contributed by atoms with Crippen LogP contribution in [-0.2, 0) is 13.1 Å². The predicted octanol–water partition coefficient (Wildman–Crippen LogP) is 3.20. The number of piperazine rings is 1. The molecule has 124 valence electrons. The van der Waals surface area contributed by atoms with Gasteiger partial charge in [-0.3, -0.25) is 4.90 Å². The zero-order valence-electron chi connectivity index (χ0n) is 14.1. The number of likely N-dealkylation sites (N-methyl/N-ethyl adjacent to an activating group) is 1. The van der Waals surface area contributed by atoms with Crippen LogP contribution in [0.3, 0.4) is 0 Å². The summed E-state index contributed by atoms with van der Waals surface area (Å²) in [4.78, 5) is 10.7. The standard InChI is InChI=1S/C18H26N4S/c1-3-21-8-10-22(11-9-21)14-17-7-5-4-6-16(17)13-20-18-19-12-15(2)23-18/h4-7,12H,3,8-11,13-14H2,1-2H3,(H,19,20). The Balaban J connectivity index is 1.59. The summed E-state index contributed by atoms with van der Waals surface area (Å²) in [5.41, 5.74) is 2.80. The highest BCUT2D eigenvalue weighted by Crippen LogP contribution is 2.19. The largest absolute Gasteiger partial charge is 0.357 e. The minimum Gasteiger partial charge on any atom is -0.357 e. The predicted molar refractivity (Wildman–Crippen MR) is 98.0 cm³/mol. The third kappa shape index (κ3) is 4.53. The van der Waals surface area contributed by atoms with Crippen molar-refractivity contribution >= 4 is 16.5 Å². The van der Waals surface area contributed by atoms with Crippen LogP contribution in [0, 0.1) is 6.92 Å². The first-order valence-corrected chi connectivity index (χ1v) is 9.24. The van der Waals surface area contributed by atoms with Gasteiger partial charge in [-0.15, -0.1) is 11.3 Å². The maximum Gasteiger partial charge on any atom is 0.183 e. The Morgan fingerprint density at radius 1 is 1.09 bits per heavy atom. The molecule has 1 aromatic heterocycles. The number of nitrogens with one attached hydrogen (secondary N) is 1. The number of thiazole rings is 1. The Morgan fingerprint density at radius 3 is 2.43 bits per heavy atom. The minimum atomic E-state index is 0.845. The molecule has 0 atom stereocenters. The zero-order valence-corrected chi connectivity index (χ0v) is 14.9. The Hall–Kier alpha value is -1.43. The number of anilines is 1. The van der Waals surface area contributed by atoms with Crippen molar-refractivity contribution in [3.05, 3.63) is 46.5 Å². The fourth-order valence-electron chi connectivity index (χ4n) is 3.00. The molecule has 0 unspecified atom stereocenters. The monoisotopic (exact) mass is 330 g/mol. The van der Waals surface area contributed by atoms with Gasteiger partial charge in [0.05, 0.1) is 0 Å². The molecule has 0 amide bonds. The van der Waals surface area contributed by atoms with Crippen molar-refractivity contribution in [1.82, 2.24) is 14.8 Å². The quantitative estimate of drug-likeness (QED) is 0.881. The second kappa shape index (κ2) is 7.90. The fraction of sp³-hybridized carbons (Fsp3) is 0.500. The Bertz CT molecular complexity index is 617.